The Labute approximate surface area is 76.2 Å². The van der Waals surface area contributed by atoms with Gasteiger partial charge in [-0.3, -0.25) is 0 Å². The molecule has 0 unspecified atom stereocenters. The van der Waals surface area contributed by atoms with Crippen LogP contribution in [-0.4, -0.2) is 22.2 Å². The Morgan fingerprint density at radius 3 is 2.69 bits per heavy atom. The molecule has 1 aromatic carbocycles. The summed E-state index contributed by atoms with van der Waals surface area (Å²) >= 11 is 0. The molecule has 13 heavy (non-hydrogen) atoms. The predicted octanol–water partition coefficient (Wildman–Crippen LogP) is 0.156. The van der Waals surface area contributed by atoms with Crippen LogP contribution >= 0.6 is 0 Å². The molecule has 0 saturated carbocycles. The van der Waals surface area contributed by atoms with E-state index in [9.17, 15) is 0 Å². The monoisotopic (exact) mass is 175 g/mol. The van der Waals surface area contributed by atoms with Gasteiger partial charge in [0.25, 0.3) is 0 Å². The van der Waals surface area contributed by atoms with Crippen LogP contribution in [0.2, 0.25) is 0 Å². The van der Waals surface area contributed by atoms with Crippen LogP contribution in [0.5, 0.6) is 0 Å². The molecule has 4 heteroatoms. The molecule has 0 aliphatic heterocycles. The third-order valence-electron chi connectivity index (χ3n) is 2.08. The highest BCUT2D eigenvalue weighted by Gasteiger charge is 2.11. The van der Waals surface area contributed by atoms with Gasteiger partial charge in [-0.1, -0.05) is 12.1 Å². The topological polar surface area (TPSA) is 56.2 Å². The number of aryl methyl sites for hydroxylation is 1. The van der Waals surface area contributed by atoms with Gasteiger partial charge in [0.2, 0.25) is 0 Å². The van der Waals surface area contributed by atoms with E-state index < -0.39 is 7.12 Å². The second-order valence-corrected chi connectivity index (χ2v) is 3.17. The molecule has 0 saturated heterocycles. The fourth-order valence-corrected chi connectivity index (χ4v) is 1.45. The quantitative estimate of drug-likeness (QED) is 0.540. The predicted molar refractivity (Wildman–Crippen MR) is 52.9 cm³/mol. The SMILES string of the molecule is Cc1cc2ccc(B(O)O)cc2[nH]1. The number of aromatic amines is 1. The van der Waals surface area contributed by atoms with Gasteiger partial charge in [0.05, 0.1) is 0 Å². The van der Waals surface area contributed by atoms with Crippen LogP contribution in [0.4, 0.5) is 0 Å². The normalized spacial score (nSPS) is 10.7. The van der Waals surface area contributed by atoms with E-state index in [1.165, 1.54) is 0 Å². The van der Waals surface area contributed by atoms with E-state index in [0.29, 0.717) is 5.46 Å². The summed E-state index contributed by atoms with van der Waals surface area (Å²) in [6, 6.07) is 7.34. The zero-order valence-electron chi connectivity index (χ0n) is 7.28. The van der Waals surface area contributed by atoms with Gasteiger partial charge >= 0.3 is 7.12 Å². The molecular formula is C9H10BNO2. The summed E-state index contributed by atoms with van der Waals surface area (Å²) in [4.78, 5) is 3.13. The van der Waals surface area contributed by atoms with Crippen molar-refractivity contribution < 1.29 is 10.0 Å². The van der Waals surface area contributed by atoms with Gasteiger partial charge in [0.1, 0.15) is 0 Å². The molecule has 0 amide bonds. The molecule has 0 bridgehead atoms. The molecule has 3 N–H and O–H groups in total. The molecule has 0 aliphatic rings. The van der Waals surface area contributed by atoms with E-state index in [-0.39, 0.29) is 0 Å². The minimum absolute atomic E-state index is 0.509. The smallest absolute Gasteiger partial charge is 0.423 e. The van der Waals surface area contributed by atoms with Crippen molar-refractivity contribution in [1.82, 2.24) is 4.98 Å². The summed E-state index contributed by atoms with van der Waals surface area (Å²) in [5.74, 6) is 0. The second-order valence-electron chi connectivity index (χ2n) is 3.17. The first-order valence-electron chi connectivity index (χ1n) is 4.12. The molecule has 2 rings (SSSR count). The number of benzene rings is 1. The lowest BCUT2D eigenvalue weighted by atomic mass is 9.80. The Bertz CT molecular complexity index is 436. The van der Waals surface area contributed by atoms with Crippen LogP contribution in [0, 0.1) is 6.92 Å². The lowest BCUT2D eigenvalue weighted by Crippen LogP contribution is -2.29. The first-order chi connectivity index (χ1) is 6.16. The van der Waals surface area contributed by atoms with Crippen molar-refractivity contribution in [2.45, 2.75) is 6.92 Å². The number of rotatable bonds is 1. The molecule has 0 aliphatic carbocycles. The summed E-state index contributed by atoms with van der Waals surface area (Å²) in [6.07, 6.45) is 0. The van der Waals surface area contributed by atoms with Crippen molar-refractivity contribution in [2.75, 3.05) is 0 Å². The summed E-state index contributed by atoms with van der Waals surface area (Å²) in [5, 5.41) is 18.9. The first-order valence-corrected chi connectivity index (χ1v) is 4.12. The average molecular weight is 175 g/mol. The van der Waals surface area contributed by atoms with E-state index >= 15 is 0 Å². The first kappa shape index (κ1) is 8.35. The number of aromatic nitrogens is 1. The summed E-state index contributed by atoms with van der Waals surface area (Å²) < 4.78 is 0. The van der Waals surface area contributed by atoms with Gasteiger partial charge in [-0.15, -0.1) is 0 Å². The lowest BCUT2D eigenvalue weighted by molar-refractivity contribution is 0.426. The lowest BCUT2D eigenvalue weighted by Gasteiger charge is -1.97. The number of H-pyrrole nitrogens is 1. The van der Waals surface area contributed by atoms with Gasteiger partial charge in [-0.2, -0.15) is 0 Å². The standard InChI is InChI=1S/C9H10BNO2/c1-6-4-7-2-3-8(10(12)13)5-9(7)11-6/h2-5,11-13H,1H3. The van der Waals surface area contributed by atoms with Crippen LogP contribution in [0.15, 0.2) is 24.3 Å². The Hall–Kier alpha value is -1.26. The third-order valence-corrected chi connectivity index (χ3v) is 2.08. The van der Waals surface area contributed by atoms with Crippen molar-refractivity contribution in [2.24, 2.45) is 0 Å². The summed E-state index contributed by atoms with van der Waals surface area (Å²) in [6.45, 7) is 1.97. The van der Waals surface area contributed by atoms with Gasteiger partial charge in [-0.05, 0) is 29.9 Å². The maximum Gasteiger partial charge on any atom is 0.488 e. The molecule has 0 atom stereocenters. The minimum Gasteiger partial charge on any atom is -0.423 e. The maximum atomic E-state index is 8.93. The Balaban J connectivity index is 2.61. The number of fused-ring (bicyclic) bond motifs is 1. The molecule has 66 valence electrons. The van der Waals surface area contributed by atoms with Crippen LogP contribution < -0.4 is 5.46 Å². The van der Waals surface area contributed by atoms with E-state index in [1.807, 2.05) is 19.1 Å². The van der Waals surface area contributed by atoms with Gasteiger partial charge in [0, 0.05) is 11.2 Å². The zero-order chi connectivity index (χ0) is 9.42. The second kappa shape index (κ2) is 2.90. The van der Waals surface area contributed by atoms with E-state index in [1.54, 1.807) is 12.1 Å². The molecule has 2 aromatic rings. The van der Waals surface area contributed by atoms with Gasteiger partial charge in [-0.25, -0.2) is 0 Å². The van der Waals surface area contributed by atoms with Crippen molar-refractivity contribution in [3.05, 3.63) is 30.0 Å². The number of hydrogen-bond donors (Lipinski definition) is 3. The van der Waals surface area contributed by atoms with Gasteiger partial charge < -0.3 is 15.0 Å². The van der Waals surface area contributed by atoms with Crippen molar-refractivity contribution in [1.29, 1.82) is 0 Å². The highest BCUT2D eigenvalue weighted by atomic mass is 16.4. The highest BCUT2D eigenvalue weighted by Crippen LogP contribution is 2.12. The molecular weight excluding hydrogens is 165 g/mol. The summed E-state index contributed by atoms with van der Waals surface area (Å²) in [5.41, 5.74) is 2.51. The highest BCUT2D eigenvalue weighted by molar-refractivity contribution is 6.58. The molecule has 0 radical (unpaired) electrons. The van der Waals surface area contributed by atoms with E-state index in [0.717, 1.165) is 16.6 Å². The number of hydrogen-bond acceptors (Lipinski definition) is 2. The Morgan fingerprint density at radius 2 is 2.00 bits per heavy atom. The summed E-state index contributed by atoms with van der Waals surface area (Å²) in [7, 11) is -1.40. The molecule has 1 heterocycles. The van der Waals surface area contributed by atoms with E-state index in [2.05, 4.69) is 4.98 Å². The fourth-order valence-electron chi connectivity index (χ4n) is 1.45. The molecule has 3 nitrogen and oxygen atoms in total. The number of nitrogens with one attached hydrogen (secondary N) is 1. The van der Waals surface area contributed by atoms with Crippen molar-refractivity contribution in [3.8, 4) is 0 Å². The van der Waals surface area contributed by atoms with Crippen LogP contribution in [0.3, 0.4) is 0 Å². The Kier molecular flexibility index (Phi) is 1.86. The Morgan fingerprint density at radius 1 is 1.23 bits per heavy atom. The minimum atomic E-state index is -1.40. The third kappa shape index (κ3) is 1.46. The maximum absolute atomic E-state index is 8.93. The van der Waals surface area contributed by atoms with Crippen LogP contribution in [0.1, 0.15) is 5.69 Å². The largest absolute Gasteiger partial charge is 0.488 e. The van der Waals surface area contributed by atoms with Crippen LogP contribution in [0.25, 0.3) is 10.9 Å². The van der Waals surface area contributed by atoms with Gasteiger partial charge in [0.15, 0.2) is 0 Å². The zero-order valence-corrected chi connectivity index (χ0v) is 7.28. The molecule has 0 fully saturated rings. The van der Waals surface area contributed by atoms with E-state index in [4.69, 9.17) is 10.0 Å². The molecule has 1 aromatic heterocycles. The average Bonchev–Trinajstić information content (AvgIpc) is 2.42. The van der Waals surface area contributed by atoms with Crippen molar-refractivity contribution in [3.63, 3.8) is 0 Å². The molecule has 0 spiro atoms. The van der Waals surface area contributed by atoms with Crippen LogP contribution in [-0.2, 0) is 0 Å². The fraction of sp³-hybridized carbons (Fsp3) is 0.111. The van der Waals surface area contributed by atoms with Crippen molar-refractivity contribution >= 4 is 23.5 Å².